The van der Waals surface area contributed by atoms with Crippen LogP contribution in [-0.2, 0) is 0 Å². The Labute approximate surface area is 174 Å². The molecule has 1 aromatic carbocycles. The van der Waals surface area contributed by atoms with Gasteiger partial charge >= 0.3 is 0 Å². The molecule has 2 heterocycles. The molecule has 12 heteroatoms. The fourth-order valence-electron chi connectivity index (χ4n) is 2.43. The van der Waals surface area contributed by atoms with Crippen molar-refractivity contribution < 1.29 is 14.1 Å². The van der Waals surface area contributed by atoms with Crippen molar-refractivity contribution in [1.82, 2.24) is 20.2 Å². The molecule has 10 nitrogen and oxygen atoms in total. The zero-order valence-electron chi connectivity index (χ0n) is 15.4. The molecule has 0 aliphatic carbocycles. The van der Waals surface area contributed by atoms with E-state index in [9.17, 15) is 14.9 Å². The van der Waals surface area contributed by atoms with E-state index in [0.717, 1.165) is 5.75 Å². The molecule has 150 valence electrons. The van der Waals surface area contributed by atoms with Gasteiger partial charge in [-0.05, 0) is 43.1 Å². The molecule has 3 aromatic rings. The first-order chi connectivity index (χ1) is 13.9. The molecule has 1 amide bonds. The molecule has 29 heavy (non-hydrogen) atoms. The summed E-state index contributed by atoms with van der Waals surface area (Å²) in [6.07, 6.45) is 0. The van der Waals surface area contributed by atoms with Gasteiger partial charge in [0, 0.05) is 6.07 Å². The smallest absolute Gasteiger partial charge is 0.293 e. The van der Waals surface area contributed by atoms with Crippen LogP contribution in [0.25, 0.3) is 11.3 Å². The number of aryl methyl sites for hydroxylation is 1. The van der Waals surface area contributed by atoms with Crippen molar-refractivity contribution in [2.24, 2.45) is 0 Å². The predicted octanol–water partition coefficient (Wildman–Crippen LogP) is 3.13. The number of benzene rings is 1. The lowest BCUT2D eigenvalue weighted by Gasteiger charge is -2.12. The first-order valence-electron chi connectivity index (χ1n) is 8.41. The van der Waals surface area contributed by atoms with E-state index in [-0.39, 0.29) is 27.9 Å². The molecule has 2 aromatic heterocycles. The zero-order chi connectivity index (χ0) is 21.0. The minimum atomic E-state index is -0.595. The Bertz CT molecular complexity index is 1080. The van der Waals surface area contributed by atoms with Crippen molar-refractivity contribution >= 4 is 40.7 Å². The number of carbonyl (C=O) groups excluding carboxylic acids is 1. The van der Waals surface area contributed by atoms with E-state index in [2.05, 4.69) is 20.9 Å². The Balaban J connectivity index is 1.72. The fraction of sp³-hybridized carbons (Fsp3) is 0.176. The Morgan fingerprint density at radius 2 is 2.07 bits per heavy atom. The second-order valence-electron chi connectivity index (χ2n) is 5.63. The summed E-state index contributed by atoms with van der Waals surface area (Å²) in [6.45, 7) is 3.72. The molecule has 0 radical (unpaired) electrons. The number of nitrogens with zero attached hydrogens (tertiary/aromatic N) is 4. The molecule has 0 bridgehead atoms. The maximum absolute atomic E-state index is 12.4. The molecule has 0 aliphatic rings. The fourth-order valence-corrected chi connectivity index (χ4v) is 3.28. The summed E-state index contributed by atoms with van der Waals surface area (Å²) in [4.78, 5) is 23.1. The number of thioether (sulfide) groups is 1. The highest BCUT2D eigenvalue weighted by Gasteiger charge is 2.20. The number of furan rings is 1. The maximum atomic E-state index is 12.4. The number of hydrogen-bond acceptors (Lipinski definition) is 8. The van der Waals surface area contributed by atoms with Crippen molar-refractivity contribution in [1.29, 1.82) is 0 Å². The van der Waals surface area contributed by atoms with Gasteiger partial charge in [0.2, 0.25) is 5.16 Å². The van der Waals surface area contributed by atoms with E-state index < -0.39 is 10.8 Å². The quantitative estimate of drug-likeness (QED) is 0.261. The number of thiocarbonyl (C=S) groups is 1. The Kier molecular flexibility index (Phi) is 6.24. The minimum absolute atomic E-state index is 0.0273. The zero-order valence-corrected chi connectivity index (χ0v) is 17.0. The van der Waals surface area contributed by atoms with Gasteiger partial charge in [-0.15, -0.1) is 10.2 Å². The standard InChI is InChI=1S/C17H16N6O4S2/c1-3-29-17-20-19-10(2)22(17)21-16(28)18-15(24)14-9-8-13(27-14)11-6-4-5-7-12(11)23(25)26/h4-9H,3H2,1-2H3,(H2,18,21,24,28). The summed E-state index contributed by atoms with van der Waals surface area (Å²) >= 11 is 6.64. The number of carbonyl (C=O) groups is 1. The molecular weight excluding hydrogens is 416 g/mol. The van der Waals surface area contributed by atoms with Crippen LogP contribution in [0.3, 0.4) is 0 Å². The van der Waals surface area contributed by atoms with E-state index in [1.165, 1.54) is 30.0 Å². The first-order valence-corrected chi connectivity index (χ1v) is 9.81. The predicted molar refractivity (Wildman–Crippen MR) is 111 cm³/mol. The lowest BCUT2D eigenvalue weighted by molar-refractivity contribution is -0.384. The van der Waals surface area contributed by atoms with E-state index in [1.807, 2.05) is 6.92 Å². The van der Waals surface area contributed by atoms with Crippen LogP contribution in [0.15, 0.2) is 46.0 Å². The van der Waals surface area contributed by atoms with E-state index in [0.29, 0.717) is 11.0 Å². The Hall–Kier alpha value is -3.25. The number of nitrogens with one attached hydrogen (secondary N) is 2. The van der Waals surface area contributed by atoms with Gasteiger partial charge in [0.05, 0.1) is 10.5 Å². The van der Waals surface area contributed by atoms with Gasteiger partial charge in [-0.2, -0.15) is 0 Å². The summed E-state index contributed by atoms with van der Waals surface area (Å²) in [5, 5.41) is 22.3. The van der Waals surface area contributed by atoms with Gasteiger partial charge in [0.15, 0.2) is 10.9 Å². The number of nitro benzene ring substituents is 1. The summed E-state index contributed by atoms with van der Waals surface area (Å²) in [6, 6.07) is 9.04. The highest BCUT2D eigenvalue weighted by atomic mass is 32.2. The van der Waals surface area contributed by atoms with Gasteiger partial charge in [0.1, 0.15) is 11.6 Å². The molecule has 0 aliphatic heterocycles. The van der Waals surface area contributed by atoms with Crippen LogP contribution in [0.5, 0.6) is 0 Å². The van der Waals surface area contributed by atoms with Crippen molar-refractivity contribution in [2.75, 3.05) is 11.2 Å². The Morgan fingerprint density at radius 1 is 1.31 bits per heavy atom. The molecule has 0 atom stereocenters. The van der Waals surface area contributed by atoms with Crippen molar-refractivity contribution in [3.8, 4) is 11.3 Å². The summed E-state index contributed by atoms with van der Waals surface area (Å²) in [7, 11) is 0. The van der Waals surface area contributed by atoms with Crippen LogP contribution < -0.4 is 10.7 Å². The van der Waals surface area contributed by atoms with Gasteiger partial charge in [-0.1, -0.05) is 30.8 Å². The third kappa shape index (κ3) is 4.60. The average Bonchev–Trinajstić information content (AvgIpc) is 3.31. The van der Waals surface area contributed by atoms with Crippen LogP contribution in [0.4, 0.5) is 5.69 Å². The van der Waals surface area contributed by atoms with Gasteiger partial charge in [0.25, 0.3) is 11.6 Å². The molecule has 0 fully saturated rings. The van der Waals surface area contributed by atoms with Crippen LogP contribution >= 0.6 is 24.0 Å². The van der Waals surface area contributed by atoms with E-state index in [4.69, 9.17) is 16.6 Å². The molecule has 3 rings (SSSR count). The van der Waals surface area contributed by atoms with Crippen LogP contribution in [-0.4, -0.2) is 36.6 Å². The lowest BCUT2D eigenvalue weighted by atomic mass is 10.1. The maximum Gasteiger partial charge on any atom is 0.293 e. The van der Waals surface area contributed by atoms with Crippen molar-refractivity contribution in [3.63, 3.8) is 0 Å². The van der Waals surface area contributed by atoms with E-state index in [1.54, 1.807) is 29.8 Å². The molecule has 0 spiro atoms. The molecule has 0 saturated carbocycles. The summed E-state index contributed by atoms with van der Waals surface area (Å²) < 4.78 is 7.07. The number of amides is 1. The van der Waals surface area contributed by atoms with Crippen LogP contribution in [0, 0.1) is 17.0 Å². The van der Waals surface area contributed by atoms with Crippen LogP contribution in [0.1, 0.15) is 23.3 Å². The number of aromatic nitrogens is 3. The average molecular weight is 432 g/mol. The largest absolute Gasteiger partial charge is 0.451 e. The van der Waals surface area contributed by atoms with Gasteiger partial charge in [-0.3, -0.25) is 25.7 Å². The Morgan fingerprint density at radius 3 is 2.79 bits per heavy atom. The number of para-hydroxylation sites is 1. The third-order valence-electron chi connectivity index (χ3n) is 3.71. The number of hydrogen-bond donors (Lipinski definition) is 2. The molecular formula is C17H16N6O4S2. The van der Waals surface area contributed by atoms with Gasteiger partial charge in [-0.25, -0.2) is 4.68 Å². The minimum Gasteiger partial charge on any atom is -0.451 e. The van der Waals surface area contributed by atoms with Crippen LogP contribution in [0.2, 0.25) is 0 Å². The normalized spacial score (nSPS) is 10.6. The highest BCUT2D eigenvalue weighted by molar-refractivity contribution is 7.99. The first kappa shape index (κ1) is 20.5. The molecule has 0 saturated heterocycles. The lowest BCUT2D eigenvalue weighted by Crippen LogP contribution is -2.38. The topological polar surface area (TPSA) is 128 Å². The van der Waals surface area contributed by atoms with Crippen molar-refractivity contribution in [2.45, 2.75) is 19.0 Å². The third-order valence-corrected chi connectivity index (χ3v) is 4.71. The highest BCUT2D eigenvalue weighted by Crippen LogP contribution is 2.30. The summed E-state index contributed by atoms with van der Waals surface area (Å²) in [5.41, 5.74) is 3.01. The number of rotatable bonds is 6. The SMILES string of the molecule is CCSc1nnc(C)n1NC(=S)NC(=O)c1ccc(-c2ccccc2[N+](=O)[O-])o1. The second-order valence-corrected chi connectivity index (χ2v) is 7.27. The monoisotopic (exact) mass is 432 g/mol. The summed E-state index contributed by atoms with van der Waals surface area (Å²) in [5.74, 6) is 0.945. The van der Waals surface area contributed by atoms with E-state index >= 15 is 0 Å². The van der Waals surface area contributed by atoms with Crippen molar-refractivity contribution in [3.05, 3.63) is 58.1 Å². The van der Waals surface area contributed by atoms with Gasteiger partial charge < -0.3 is 4.42 Å². The molecule has 0 unspecified atom stereocenters. The number of nitro groups is 1. The molecule has 2 N–H and O–H groups in total. The second kappa shape index (κ2) is 8.84.